The number of amides is 4. The van der Waals surface area contributed by atoms with Crippen molar-refractivity contribution in [3.63, 3.8) is 0 Å². The van der Waals surface area contributed by atoms with Crippen LogP contribution in [0.4, 0.5) is 10.5 Å². The minimum absolute atomic E-state index is 0.199. The fourth-order valence-corrected chi connectivity index (χ4v) is 4.62. The van der Waals surface area contributed by atoms with Crippen LogP contribution in [0.5, 0.6) is 5.75 Å². The maximum atomic E-state index is 13.9. The molecule has 4 amide bonds. The molecule has 0 spiro atoms. The highest BCUT2D eigenvalue weighted by atomic mass is 16.5. The molecule has 4 rings (SSSR count). The number of carboxylic acid groups (broad SMARTS) is 1. The quantitative estimate of drug-likeness (QED) is 0.394. The summed E-state index contributed by atoms with van der Waals surface area (Å²) in [6.07, 6.45) is 1.65. The smallest absolute Gasteiger partial charge is 0.323 e. The van der Waals surface area contributed by atoms with Gasteiger partial charge in [0.1, 0.15) is 5.75 Å². The third-order valence-electron chi connectivity index (χ3n) is 6.53. The number of ether oxygens (including phenoxy) is 1. The number of methoxy groups -OCH3 is 1. The summed E-state index contributed by atoms with van der Waals surface area (Å²) in [5, 5.41) is 15.1. The molecule has 1 saturated heterocycles. The number of nitrogens with zero attached hydrogens (tertiary/aromatic N) is 3. The van der Waals surface area contributed by atoms with Crippen molar-refractivity contribution in [3.05, 3.63) is 89.7 Å². The van der Waals surface area contributed by atoms with Gasteiger partial charge in [-0.2, -0.15) is 0 Å². The lowest BCUT2D eigenvalue weighted by Crippen LogP contribution is -2.64. The molecular weight excluding hydrogens is 514 g/mol. The van der Waals surface area contributed by atoms with Gasteiger partial charge in [0.2, 0.25) is 0 Å². The number of aromatic nitrogens is 1. The van der Waals surface area contributed by atoms with Crippen LogP contribution in [0.3, 0.4) is 0 Å². The number of rotatable bonds is 8. The fourth-order valence-electron chi connectivity index (χ4n) is 4.62. The summed E-state index contributed by atoms with van der Waals surface area (Å²) < 4.78 is 5.16. The summed E-state index contributed by atoms with van der Waals surface area (Å²) in [6.45, 7) is 2.28. The van der Waals surface area contributed by atoms with Crippen LogP contribution < -0.4 is 15.4 Å². The maximum Gasteiger partial charge on any atom is 0.323 e. The molecule has 2 atom stereocenters. The molecule has 1 aromatic heterocycles. The highest BCUT2D eigenvalue weighted by Crippen LogP contribution is 2.24. The molecule has 0 aliphatic carbocycles. The highest BCUT2D eigenvalue weighted by Gasteiger charge is 2.41. The lowest BCUT2D eigenvalue weighted by molar-refractivity contribution is -0.138. The number of urea groups is 1. The first kappa shape index (κ1) is 28.1. The lowest BCUT2D eigenvalue weighted by atomic mass is 10.0. The molecule has 11 nitrogen and oxygen atoms in total. The van der Waals surface area contributed by atoms with Crippen LogP contribution in [0.2, 0.25) is 0 Å². The predicted octanol–water partition coefficient (Wildman–Crippen LogP) is 3.44. The third-order valence-corrected chi connectivity index (χ3v) is 6.53. The number of aryl methyl sites for hydroxylation is 1. The molecule has 0 bridgehead atoms. The molecule has 3 N–H and O–H groups in total. The van der Waals surface area contributed by atoms with E-state index in [9.17, 15) is 24.3 Å². The second-order valence-corrected chi connectivity index (χ2v) is 9.39. The second-order valence-electron chi connectivity index (χ2n) is 9.39. The van der Waals surface area contributed by atoms with Gasteiger partial charge in [-0.1, -0.05) is 29.8 Å². The van der Waals surface area contributed by atoms with Crippen molar-refractivity contribution in [2.45, 2.75) is 32.0 Å². The molecule has 40 heavy (non-hydrogen) atoms. The van der Waals surface area contributed by atoms with Crippen LogP contribution in [0.15, 0.2) is 73.1 Å². The van der Waals surface area contributed by atoms with Crippen molar-refractivity contribution in [1.29, 1.82) is 0 Å². The van der Waals surface area contributed by atoms with E-state index in [2.05, 4.69) is 15.6 Å². The van der Waals surface area contributed by atoms with Gasteiger partial charge in [-0.15, -0.1) is 0 Å². The zero-order chi connectivity index (χ0) is 28.6. The van der Waals surface area contributed by atoms with Crippen molar-refractivity contribution in [3.8, 4) is 5.75 Å². The van der Waals surface area contributed by atoms with Gasteiger partial charge in [0.05, 0.1) is 25.1 Å². The lowest BCUT2D eigenvalue weighted by Gasteiger charge is -2.43. The zero-order valence-corrected chi connectivity index (χ0v) is 22.2. The molecule has 1 fully saturated rings. The van der Waals surface area contributed by atoms with Crippen LogP contribution in [-0.2, 0) is 9.59 Å². The van der Waals surface area contributed by atoms with Gasteiger partial charge >= 0.3 is 12.0 Å². The Balaban J connectivity index is 1.66. The summed E-state index contributed by atoms with van der Waals surface area (Å²) in [5.74, 6) is -1.63. The number of carboxylic acids is 1. The van der Waals surface area contributed by atoms with E-state index in [0.717, 1.165) is 5.56 Å². The minimum atomic E-state index is -1.33. The number of pyridine rings is 1. The first-order chi connectivity index (χ1) is 19.3. The van der Waals surface area contributed by atoms with Crippen LogP contribution in [0.1, 0.15) is 40.4 Å². The Kier molecular flexibility index (Phi) is 8.95. The number of benzene rings is 2. The van der Waals surface area contributed by atoms with E-state index >= 15 is 0 Å². The molecule has 0 radical (unpaired) electrons. The average Bonchev–Trinajstić information content (AvgIpc) is 2.96. The Hall–Kier alpha value is -4.93. The zero-order valence-electron chi connectivity index (χ0n) is 22.2. The van der Waals surface area contributed by atoms with Crippen molar-refractivity contribution >= 4 is 29.5 Å². The second kappa shape index (κ2) is 12.7. The molecule has 3 aromatic rings. The van der Waals surface area contributed by atoms with E-state index in [0.29, 0.717) is 23.4 Å². The number of hydrogen-bond acceptors (Lipinski definition) is 6. The van der Waals surface area contributed by atoms with E-state index in [1.807, 2.05) is 13.0 Å². The summed E-state index contributed by atoms with van der Waals surface area (Å²) >= 11 is 0. The molecular formula is C29H31N5O6. The Morgan fingerprint density at radius 1 is 1.05 bits per heavy atom. The van der Waals surface area contributed by atoms with Crippen LogP contribution >= 0.6 is 0 Å². The van der Waals surface area contributed by atoms with Gasteiger partial charge in [-0.25, -0.2) is 4.79 Å². The molecule has 2 unspecified atom stereocenters. The van der Waals surface area contributed by atoms with Gasteiger partial charge in [0.15, 0.2) is 6.17 Å². The van der Waals surface area contributed by atoms with E-state index < -0.39 is 36.0 Å². The largest absolute Gasteiger partial charge is 0.497 e. The Bertz CT molecular complexity index is 1360. The summed E-state index contributed by atoms with van der Waals surface area (Å²) in [4.78, 5) is 59.2. The van der Waals surface area contributed by atoms with Gasteiger partial charge in [-0.05, 0) is 55.3 Å². The van der Waals surface area contributed by atoms with Crippen LogP contribution in [0, 0.1) is 6.92 Å². The number of hydrogen-bond donors (Lipinski definition) is 3. The molecule has 1 aliphatic heterocycles. The van der Waals surface area contributed by atoms with Gasteiger partial charge in [-0.3, -0.25) is 24.3 Å². The average molecular weight is 546 g/mol. The topological polar surface area (TPSA) is 141 Å². The molecule has 0 saturated carbocycles. The Morgan fingerprint density at radius 2 is 1.80 bits per heavy atom. The standard InChI is InChI=1S/C29H31N5O6/c1-19-6-3-7-20(16-19)24(17-25(35)36)32-26(37)27-33(28(38)21-8-4-13-30-18-21)14-5-15-34(27)29(39)31-22-9-11-23(40-2)12-10-22/h3-4,6-13,16,18,24,27H,5,14-15,17H2,1-2H3,(H,31,39)(H,32,37)(H,35,36). The Labute approximate surface area is 231 Å². The SMILES string of the molecule is COc1ccc(NC(=O)N2CCCN(C(=O)c3cccnc3)C2C(=O)NC(CC(=O)O)c2cccc(C)c2)cc1. The summed E-state index contributed by atoms with van der Waals surface area (Å²) in [6, 6.07) is 15.6. The van der Waals surface area contributed by atoms with E-state index in [1.165, 1.54) is 29.3 Å². The molecule has 2 aromatic carbocycles. The minimum Gasteiger partial charge on any atom is -0.497 e. The number of carbonyl (C=O) groups excluding carboxylic acids is 3. The van der Waals surface area contributed by atoms with Gasteiger partial charge < -0.3 is 25.4 Å². The third kappa shape index (κ3) is 6.73. The molecule has 1 aliphatic rings. The first-order valence-electron chi connectivity index (χ1n) is 12.8. The Morgan fingerprint density at radius 3 is 2.45 bits per heavy atom. The number of nitrogens with one attached hydrogen (secondary N) is 2. The normalized spacial score (nSPS) is 15.6. The monoisotopic (exact) mass is 545 g/mol. The predicted molar refractivity (Wildman–Crippen MR) is 147 cm³/mol. The molecule has 2 heterocycles. The van der Waals surface area contributed by atoms with E-state index in [1.54, 1.807) is 54.6 Å². The number of aliphatic carboxylic acids is 1. The van der Waals surface area contributed by atoms with Crippen LogP contribution in [0.25, 0.3) is 0 Å². The van der Waals surface area contributed by atoms with E-state index in [-0.39, 0.29) is 25.1 Å². The maximum absolute atomic E-state index is 13.9. The van der Waals surface area contributed by atoms with Crippen molar-refractivity contribution < 1.29 is 29.0 Å². The highest BCUT2D eigenvalue weighted by molar-refractivity contribution is 6.00. The molecule has 11 heteroatoms. The van der Waals surface area contributed by atoms with Gasteiger partial charge in [0.25, 0.3) is 11.8 Å². The van der Waals surface area contributed by atoms with Gasteiger partial charge in [0, 0.05) is 31.2 Å². The number of carbonyl (C=O) groups is 4. The van der Waals surface area contributed by atoms with Crippen molar-refractivity contribution in [2.24, 2.45) is 0 Å². The van der Waals surface area contributed by atoms with Crippen LogP contribution in [-0.4, -0.2) is 70.1 Å². The summed E-state index contributed by atoms with van der Waals surface area (Å²) in [7, 11) is 1.53. The number of anilines is 1. The summed E-state index contributed by atoms with van der Waals surface area (Å²) in [5.41, 5.74) is 2.24. The fraction of sp³-hybridized carbons (Fsp3) is 0.276. The van der Waals surface area contributed by atoms with Crippen molar-refractivity contribution in [2.75, 3.05) is 25.5 Å². The first-order valence-corrected chi connectivity index (χ1v) is 12.8. The van der Waals surface area contributed by atoms with Crippen molar-refractivity contribution in [1.82, 2.24) is 20.1 Å². The molecule has 208 valence electrons. The van der Waals surface area contributed by atoms with E-state index in [4.69, 9.17) is 4.74 Å².